The lowest BCUT2D eigenvalue weighted by Gasteiger charge is -2.05. The van der Waals surface area contributed by atoms with Crippen LogP contribution in [0.15, 0.2) is 42.5 Å². The van der Waals surface area contributed by atoms with E-state index < -0.39 is 12.1 Å². The smallest absolute Gasteiger partial charge is 0.429 e. The number of allylic oxidation sites excluding steroid dienone is 1. The number of carbonyl (C=O) groups excluding carboxylic acids is 2. The first-order valence-corrected chi connectivity index (χ1v) is 6.13. The van der Waals surface area contributed by atoms with Crippen molar-refractivity contribution in [1.29, 1.82) is 0 Å². The van der Waals surface area contributed by atoms with Crippen molar-refractivity contribution in [2.75, 3.05) is 0 Å². The number of benzene rings is 1. The molecule has 0 atom stereocenters. The summed E-state index contributed by atoms with van der Waals surface area (Å²) in [5, 5.41) is 0. The Morgan fingerprint density at radius 3 is 2.47 bits per heavy atom. The Morgan fingerprint density at radius 1 is 1.16 bits per heavy atom. The van der Waals surface area contributed by atoms with E-state index in [-0.39, 0.29) is 13.0 Å². The summed E-state index contributed by atoms with van der Waals surface area (Å²) < 4.78 is 9.35. The highest BCUT2D eigenvalue weighted by molar-refractivity contribution is 5.81. The molecule has 0 aliphatic carbocycles. The molecule has 0 N–H and O–H groups in total. The number of rotatable bonds is 6. The molecule has 0 aliphatic heterocycles. The van der Waals surface area contributed by atoms with Gasteiger partial charge in [0.05, 0.1) is 0 Å². The molecule has 1 rings (SSSR count). The molecule has 4 nitrogen and oxygen atoms in total. The zero-order chi connectivity index (χ0) is 14.1. The SMILES string of the molecule is C=C(C)CCCC(=O)OC(=O)OCc1ccccc1. The van der Waals surface area contributed by atoms with E-state index in [1.807, 2.05) is 37.3 Å². The Bertz CT molecular complexity index is 437. The topological polar surface area (TPSA) is 52.6 Å². The van der Waals surface area contributed by atoms with E-state index in [1.54, 1.807) is 0 Å². The van der Waals surface area contributed by atoms with Gasteiger partial charge in [0.1, 0.15) is 6.61 Å². The van der Waals surface area contributed by atoms with Gasteiger partial charge in [-0.2, -0.15) is 0 Å². The van der Waals surface area contributed by atoms with Crippen LogP contribution in [0, 0.1) is 0 Å². The van der Waals surface area contributed by atoms with Gasteiger partial charge in [-0.15, -0.1) is 6.58 Å². The molecule has 0 fully saturated rings. The molecule has 0 saturated heterocycles. The average Bonchev–Trinajstić information content (AvgIpc) is 2.37. The Hall–Kier alpha value is -2.10. The highest BCUT2D eigenvalue weighted by atomic mass is 16.7. The first-order chi connectivity index (χ1) is 9.08. The fourth-order valence-electron chi connectivity index (χ4n) is 1.42. The van der Waals surface area contributed by atoms with Crippen LogP contribution in [0.1, 0.15) is 31.7 Å². The van der Waals surface area contributed by atoms with Gasteiger partial charge in [-0.3, -0.25) is 4.79 Å². The number of hydrogen-bond donors (Lipinski definition) is 0. The molecular formula is C15H18O4. The third kappa shape index (κ3) is 7.03. The van der Waals surface area contributed by atoms with Crippen LogP contribution in [0.4, 0.5) is 4.79 Å². The van der Waals surface area contributed by atoms with Crippen LogP contribution >= 0.6 is 0 Å². The van der Waals surface area contributed by atoms with E-state index in [9.17, 15) is 9.59 Å². The molecule has 4 heteroatoms. The summed E-state index contributed by atoms with van der Waals surface area (Å²) in [6.07, 6.45) is 0.603. The van der Waals surface area contributed by atoms with Gasteiger partial charge in [0, 0.05) is 6.42 Å². The molecule has 0 aliphatic rings. The third-order valence-corrected chi connectivity index (χ3v) is 2.38. The van der Waals surface area contributed by atoms with Crippen molar-refractivity contribution >= 4 is 12.1 Å². The van der Waals surface area contributed by atoms with Crippen LogP contribution in [-0.2, 0) is 20.9 Å². The van der Waals surface area contributed by atoms with Crippen LogP contribution in [0.5, 0.6) is 0 Å². The summed E-state index contributed by atoms with van der Waals surface area (Å²) in [5.74, 6) is -0.570. The van der Waals surface area contributed by atoms with Gasteiger partial charge in [0.2, 0.25) is 0 Å². The lowest BCUT2D eigenvalue weighted by molar-refractivity contribution is -0.140. The molecule has 0 bridgehead atoms. The monoisotopic (exact) mass is 262 g/mol. The van der Waals surface area contributed by atoms with Crippen LogP contribution in [0.2, 0.25) is 0 Å². The van der Waals surface area contributed by atoms with E-state index in [2.05, 4.69) is 11.3 Å². The molecule has 0 radical (unpaired) electrons. The van der Waals surface area contributed by atoms with Gasteiger partial charge in [0.15, 0.2) is 0 Å². The average molecular weight is 262 g/mol. The summed E-state index contributed by atoms with van der Waals surface area (Å²) in [7, 11) is 0. The molecule has 0 heterocycles. The minimum absolute atomic E-state index is 0.0960. The van der Waals surface area contributed by atoms with Crippen molar-refractivity contribution in [3.05, 3.63) is 48.0 Å². The fraction of sp³-hybridized carbons (Fsp3) is 0.333. The van der Waals surface area contributed by atoms with Crippen molar-refractivity contribution in [3.63, 3.8) is 0 Å². The van der Waals surface area contributed by atoms with Gasteiger partial charge < -0.3 is 9.47 Å². The van der Waals surface area contributed by atoms with E-state index in [1.165, 1.54) is 0 Å². The zero-order valence-corrected chi connectivity index (χ0v) is 11.1. The third-order valence-electron chi connectivity index (χ3n) is 2.38. The maximum absolute atomic E-state index is 11.3. The molecule has 0 unspecified atom stereocenters. The second-order valence-corrected chi connectivity index (χ2v) is 4.31. The maximum Gasteiger partial charge on any atom is 0.516 e. The standard InChI is InChI=1S/C15H18O4/c1-12(2)7-6-10-14(16)19-15(17)18-11-13-8-4-3-5-9-13/h3-5,8-9H,1,6-7,10-11H2,2H3. The highest BCUT2D eigenvalue weighted by Crippen LogP contribution is 2.06. The molecule has 0 amide bonds. The molecule has 0 saturated carbocycles. The Balaban J connectivity index is 2.20. The quantitative estimate of drug-likeness (QED) is 0.446. The van der Waals surface area contributed by atoms with Crippen molar-refractivity contribution in [3.8, 4) is 0 Å². The predicted molar refractivity (Wildman–Crippen MR) is 71.4 cm³/mol. The molecule has 1 aromatic rings. The summed E-state index contributed by atoms with van der Waals surface area (Å²) in [6.45, 7) is 5.72. The Morgan fingerprint density at radius 2 is 1.84 bits per heavy atom. The largest absolute Gasteiger partial charge is 0.516 e. The van der Waals surface area contributed by atoms with Gasteiger partial charge in [-0.25, -0.2) is 4.79 Å². The Kier molecular flexibility index (Phi) is 6.36. The van der Waals surface area contributed by atoms with Gasteiger partial charge in [-0.1, -0.05) is 35.9 Å². The molecule has 19 heavy (non-hydrogen) atoms. The number of ether oxygens (including phenoxy) is 2. The minimum atomic E-state index is -0.954. The molecule has 1 aromatic carbocycles. The fourth-order valence-corrected chi connectivity index (χ4v) is 1.42. The lowest BCUT2D eigenvalue weighted by atomic mass is 10.1. The summed E-state index contributed by atoms with van der Waals surface area (Å²) >= 11 is 0. The van der Waals surface area contributed by atoms with Gasteiger partial charge >= 0.3 is 12.1 Å². The van der Waals surface area contributed by atoms with Crippen molar-refractivity contribution in [1.82, 2.24) is 0 Å². The highest BCUT2D eigenvalue weighted by Gasteiger charge is 2.11. The molecule has 102 valence electrons. The van der Waals surface area contributed by atoms with E-state index in [4.69, 9.17) is 4.74 Å². The molecule has 0 spiro atoms. The second kappa shape index (κ2) is 8.08. The predicted octanol–water partition coefficient (Wildman–Crippen LogP) is 3.61. The number of carbonyl (C=O) groups is 2. The Labute approximate surface area is 113 Å². The van der Waals surface area contributed by atoms with Crippen molar-refractivity contribution in [2.45, 2.75) is 32.8 Å². The molecular weight excluding hydrogens is 244 g/mol. The van der Waals surface area contributed by atoms with Gasteiger partial charge in [-0.05, 0) is 25.3 Å². The summed E-state index contributed by atoms with van der Waals surface area (Å²) in [6, 6.07) is 9.19. The summed E-state index contributed by atoms with van der Waals surface area (Å²) in [5.41, 5.74) is 1.84. The summed E-state index contributed by atoms with van der Waals surface area (Å²) in [4.78, 5) is 22.5. The first-order valence-electron chi connectivity index (χ1n) is 6.13. The second-order valence-electron chi connectivity index (χ2n) is 4.31. The van der Waals surface area contributed by atoms with Crippen LogP contribution in [0.3, 0.4) is 0 Å². The van der Waals surface area contributed by atoms with E-state index >= 15 is 0 Å². The zero-order valence-electron chi connectivity index (χ0n) is 11.1. The van der Waals surface area contributed by atoms with Crippen LogP contribution in [-0.4, -0.2) is 12.1 Å². The molecule has 0 aromatic heterocycles. The van der Waals surface area contributed by atoms with Crippen LogP contribution in [0.25, 0.3) is 0 Å². The van der Waals surface area contributed by atoms with Crippen molar-refractivity contribution < 1.29 is 19.1 Å². The van der Waals surface area contributed by atoms with Crippen LogP contribution < -0.4 is 0 Å². The normalized spacial score (nSPS) is 9.74. The van der Waals surface area contributed by atoms with E-state index in [0.717, 1.165) is 17.6 Å². The van der Waals surface area contributed by atoms with Gasteiger partial charge in [0.25, 0.3) is 0 Å². The first kappa shape index (κ1) is 15.0. The maximum atomic E-state index is 11.3. The number of hydrogen-bond acceptors (Lipinski definition) is 4. The minimum Gasteiger partial charge on any atom is -0.429 e. The van der Waals surface area contributed by atoms with E-state index in [0.29, 0.717) is 6.42 Å². The number of esters is 1. The lowest BCUT2D eigenvalue weighted by Crippen LogP contribution is -2.13. The van der Waals surface area contributed by atoms with Crippen molar-refractivity contribution in [2.24, 2.45) is 0 Å².